The van der Waals surface area contributed by atoms with Crippen LogP contribution < -0.4 is 0 Å². The summed E-state index contributed by atoms with van der Waals surface area (Å²) < 4.78 is 1.87. The Bertz CT molecular complexity index is 588. The van der Waals surface area contributed by atoms with Crippen molar-refractivity contribution >= 4 is 0 Å². The number of aromatic nitrogens is 2. The molecule has 1 aromatic heterocycles. The molecule has 1 saturated carbocycles. The largest absolute Gasteiger partial charge is 0.386 e. The standard InChI is InChI=1S/C18H24N2O/c1-18(2)12-7-6-10-15(18)17(21)16-11-13-19-20(16)14-8-4-3-5-9-14/h3-5,8-9,11,13,15,17,21H,6-7,10,12H2,1-2H3. The molecule has 1 aliphatic rings. The molecule has 1 fully saturated rings. The molecule has 2 unspecified atom stereocenters. The SMILES string of the molecule is CC1(C)CCCCC1C(O)c1ccnn1-c1ccccc1. The third kappa shape index (κ3) is 2.75. The lowest BCUT2D eigenvalue weighted by molar-refractivity contribution is 0.000193. The topological polar surface area (TPSA) is 38.1 Å². The zero-order valence-corrected chi connectivity index (χ0v) is 12.9. The second-order valence-corrected chi connectivity index (χ2v) is 6.79. The maximum Gasteiger partial charge on any atom is 0.0994 e. The lowest BCUT2D eigenvalue weighted by atomic mass is 9.66. The van der Waals surface area contributed by atoms with Crippen molar-refractivity contribution in [2.75, 3.05) is 0 Å². The third-order valence-corrected chi connectivity index (χ3v) is 4.95. The van der Waals surface area contributed by atoms with Crippen molar-refractivity contribution in [2.24, 2.45) is 11.3 Å². The van der Waals surface area contributed by atoms with Gasteiger partial charge in [0.2, 0.25) is 0 Å². The molecule has 112 valence electrons. The summed E-state index contributed by atoms with van der Waals surface area (Å²) in [7, 11) is 0. The molecule has 2 atom stereocenters. The predicted molar refractivity (Wildman–Crippen MR) is 84.3 cm³/mol. The number of aliphatic hydroxyl groups excluding tert-OH is 1. The van der Waals surface area contributed by atoms with Gasteiger partial charge >= 0.3 is 0 Å². The monoisotopic (exact) mass is 284 g/mol. The van der Waals surface area contributed by atoms with Gasteiger partial charge in [-0.2, -0.15) is 5.10 Å². The fourth-order valence-corrected chi connectivity index (χ4v) is 3.63. The Morgan fingerprint density at radius 1 is 1.19 bits per heavy atom. The molecule has 1 N–H and O–H groups in total. The lowest BCUT2D eigenvalue weighted by Crippen LogP contribution is -2.33. The van der Waals surface area contributed by atoms with Crippen molar-refractivity contribution in [3.05, 3.63) is 48.3 Å². The van der Waals surface area contributed by atoms with Crippen LogP contribution in [0.5, 0.6) is 0 Å². The molecule has 0 saturated heterocycles. The Morgan fingerprint density at radius 3 is 2.67 bits per heavy atom. The first-order valence-electron chi connectivity index (χ1n) is 7.87. The highest BCUT2D eigenvalue weighted by Crippen LogP contribution is 2.46. The Kier molecular flexibility index (Phi) is 3.85. The molecule has 1 aliphatic carbocycles. The lowest BCUT2D eigenvalue weighted by Gasteiger charge is -2.41. The van der Waals surface area contributed by atoms with Gasteiger partial charge in [-0.1, -0.05) is 44.9 Å². The van der Waals surface area contributed by atoms with E-state index in [1.807, 2.05) is 41.1 Å². The van der Waals surface area contributed by atoms with Crippen molar-refractivity contribution in [1.82, 2.24) is 9.78 Å². The summed E-state index contributed by atoms with van der Waals surface area (Å²) in [6, 6.07) is 12.0. The summed E-state index contributed by atoms with van der Waals surface area (Å²) in [5.74, 6) is 0.297. The van der Waals surface area contributed by atoms with E-state index in [-0.39, 0.29) is 5.41 Å². The van der Waals surface area contributed by atoms with Crippen molar-refractivity contribution in [1.29, 1.82) is 0 Å². The third-order valence-electron chi connectivity index (χ3n) is 4.95. The van der Waals surface area contributed by atoms with Gasteiger partial charge in [-0.15, -0.1) is 0 Å². The van der Waals surface area contributed by atoms with E-state index in [4.69, 9.17) is 0 Å². The molecule has 21 heavy (non-hydrogen) atoms. The highest BCUT2D eigenvalue weighted by molar-refractivity contribution is 5.33. The molecule has 1 aromatic carbocycles. The fraction of sp³-hybridized carbons (Fsp3) is 0.500. The second kappa shape index (κ2) is 5.64. The van der Waals surface area contributed by atoms with E-state index >= 15 is 0 Å². The van der Waals surface area contributed by atoms with E-state index in [9.17, 15) is 5.11 Å². The zero-order valence-electron chi connectivity index (χ0n) is 12.9. The second-order valence-electron chi connectivity index (χ2n) is 6.79. The van der Waals surface area contributed by atoms with Gasteiger partial charge < -0.3 is 5.11 Å². The van der Waals surface area contributed by atoms with E-state index in [1.165, 1.54) is 19.3 Å². The van der Waals surface area contributed by atoms with Crippen LogP contribution in [0.2, 0.25) is 0 Å². The summed E-state index contributed by atoms with van der Waals surface area (Å²) in [4.78, 5) is 0. The van der Waals surface area contributed by atoms with E-state index in [0.29, 0.717) is 5.92 Å². The summed E-state index contributed by atoms with van der Waals surface area (Å²) >= 11 is 0. The van der Waals surface area contributed by atoms with Crippen LogP contribution in [0.25, 0.3) is 5.69 Å². The molecule has 1 heterocycles. The minimum atomic E-state index is -0.456. The summed E-state index contributed by atoms with van der Waals surface area (Å²) in [6.07, 6.45) is 6.09. The molecule has 2 aromatic rings. The van der Waals surface area contributed by atoms with Crippen LogP contribution >= 0.6 is 0 Å². The molecule has 3 nitrogen and oxygen atoms in total. The molecular weight excluding hydrogens is 260 g/mol. The predicted octanol–water partition coefficient (Wildman–Crippen LogP) is 4.12. The number of hydrogen-bond donors (Lipinski definition) is 1. The summed E-state index contributed by atoms with van der Waals surface area (Å²) in [5, 5.41) is 15.4. The van der Waals surface area contributed by atoms with Gasteiger partial charge in [0, 0.05) is 6.20 Å². The highest BCUT2D eigenvalue weighted by atomic mass is 16.3. The maximum absolute atomic E-state index is 11.0. The summed E-state index contributed by atoms with van der Waals surface area (Å²) in [6.45, 7) is 4.56. The number of benzene rings is 1. The molecule has 0 bridgehead atoms. The quantitative estimate of drug-likeness (QED) is 0.920. The van der Waals surface area contributed by atoms with Crippen LogP contribution in [0.4, 0.5) is 0 Å². The Labute approximate surface area is 126 Å². The van der Waals surface area contributed by atoms with Crippen molar-refractivity contribution in [2.45, 2.75) is 45.6 Å². The normalized spacial score (nSPS) is 22.9. The van der Waals surface area contributed by atoms with E-state index in [0.717, 1.165) is 17.8 Å². The average molecular weight is 284 g/mol. The first-order chi connectivity index (χ1) is 10.1. The molecule has 0 spiro atoms. The minimum absolute atomic E-state index is 0.184. The van der Waals surface area contributed by atoms with E-state index < -0.39 is 6.10 Å². The Balaban J connectivity index is 1.92. The van der Waals surface area contributed by atoms with E-state index in [1.54, 1.807) is 6.20 Å². The first-order valence-corrected chi connectivity index (χ1v) is 7.87. The molecule has 3 rings (SSSR count). The van der Waals surface area contributed by atoms with Crippen LogP contribution in [0, 0.1) is 11.3 Å². The fourth-order valence-electron chi connectivity index (χ4n) is 3.63. The Hall–Kier alpha value is -1.61. The van der Waals surface area contributed by atoms with Gasteiger partial charge in [-0.25, -0.2) is 4.68 Å². The molecule has 0 amide bonds. The highest BCUT2D eigenvalue weighted by Gasteiger charge is 2.38. The van der Waals surface area contributed by atoms with Gasteiger partial charge in [-0.3, -0.25) is 0 Å². The number of para-hydroxylation sites is 1. The number of rotatable bonds is 3. The van der Waals surface area contributed by atoms with Crippen LogP contribution in [0.1, 0.15) is 51.3 Å². The van der Waals surface area contributed by atoms with Gasteiger partial charge in [0.15, 0.2) is 0 Å². The molecule has 0 aliphatic heterocycles. The zero-order chi connectivity index (χ0) is 14.9. The maximum atomic E-state index is 11.0. The smallest absolute Gasteiger partial charge is 0.0994 e. The van der Waals surface area contributed by atoms with Crippen LogP contribution in [-0.2, 0) is 0 Å². The number of aliphatic hydroxyl groups is 1. The van der Waals surface area contributed by atoms with Crippen LogP contribution in [0.15, 0.2) is 42.6 Å². The number of hydrogen-bond acceptors (Lipinski definition) is 2. The Morgan fingerprint density at radius 2 is 1.95 bits per heavy atom. The summed E-state index contributed by atoms with van der Waals surface area (Å²) in [5.41, 5.74) is 2.09. The minimum Gasteiger partial charge on any atom is -0.386 e. The van der Waals surface area contributed by atoms with Crippen LogP contribution in [-0.4, -0.2) is 14.9 Å². The first kappa shape index (κ1) is 14.3. The van der Waals surface area contributed by atoms with Gasteiger partial charge in [-0.05, 0) is 42.4 Å². The van der Waals surface area contributed by atoms with Crippen molar-refractivity contribution < 1.29 is 5.11 Å². The van der Waals surface area contributed by atoms with E-state index in [2.05, 4.69) is 18.9 Å². The van der Waals surface area contributed by atoms with Crippen molar-refractivity contribution in [3.63, 3.8) is 0 Å². The average Bonchev–Trinajstić information content (AvgIpc) is 2.96. The molecular formula is C18H24N2O. The number of nitrogens with zero attached hydrogens (tertiary/aromatic N) is 2. The van der Waals surface area contributed by atoms with Gasteiger partial charge in [0.05, 0.1) is 17.5 Å². The van der Waals surface area contributed by atoms with Crippen LogP contribution in [0.3, 0.4) is 0 Å². The van der Waals surface area contributed by atoms with Crippen molar-refractivity contribution in [3.8, 4) is 5.69 Å². The molecule has 0 radical (unpaired) electrons. The molecule has 3 heteroatoms. The van der Waals surface area contributed by atoms with Gasteiger partial charge in [0.25, 0.3) is 0 Å². The van der Waals surface area contributed by atoms with Gasteiger partial charge in [0.1, 0.15) is 0 Å².